The average molecular weight is 325 g/mol. The van der Waals surface area contributed by atoms with Crippen molar-refractivity contribution in [3.8, 4) is 10.6 Å². The number of nitrogens with zero attached hydrogens (tertiary/aromatic N) is 3. The first-order valence-electron chi connectivity index (χ1n) is 7.01. The van der Waals surface area contributed by atoms with E-state index in [1.807, 2.05) is 44.2 Å². The van der Waals surface area contributed by atoms with E-state index in [2.05, 4.69) is 25.8 Å². The monoisotopic (exact) mass is 325 g/mol. The van der Waals surface area contributed by atoms with E-state index in [1.165, 1.54) is 16.9 Å². The number of aryl methyl sites for hydroxylation is 2. The first-order valence-corrected chi connectivity index (χ1v) is 7.82. The van der Waals surface area contributed by atoms with Gasteiger partial charge in [-0.05, 0) is 49.2 Å². The third-order valence-electron chi connectivity index (χ3n) is 3.32. The van der Waals surface area contributed by atoms with Crippen molar-refractivity contribution in [2.45, 2.75) is 13.8 Å². The lowest BCUT2D eigenvalue weighted by molar-refractivity contribution is 0.262. The maximum absolute atomic E-state index is 12.0. The second-order valence-electron chi connectivity index (χ2n) is 5.03. The first kappa shape index (κ1) is 15.1. The van der Waals surface area contributed by atoms with Gasteiger partial charge in [-0.2, -0.15) is 0 Å². The second-order valence-corrected chi connectivity index (χ2v) is 6.01. The van der Waals surface area contributed by atoms with Gasteiger partial charge in [-0.1, -0.05) is 17.4 Å². The number of rotatable bonds is 3. The van der Waals surface area contributed by atoms with E-state index in [-0.39, 0.29) is 6.03 Å². The van der Waals surface area contributed by atoms with Gasteiger partial charge >= 0.3 is 6.03 Å². The van der Waals surface area contributed by atoms with Crippen molar-refractivity contribution in [1.29, 1.82) is 0 Å². The molecule has 2 aromatic heterocycles. The number of hydrogen-bond donors (Lipinski definition) is 2. The molecular formula is C16H15N5OS. The molecule has 0 aliphatic heterocycles. The van der Waals surface area contributed by atoms with Gasteiger partial charge in [0, 0.05) is 23.6 Å². The van der Waals surface area contributed by atoms with Crippen LogP contribution in [0.5, 0.6) is 0 Å². The summed E-state index contributed by atoms with van der Waals surface area (Å²) in [6, 6.07) is 9.14. The number of nitrogens with one attached hydrogen (secondary N) is 2. The zero-order chi connectivity index (χ0) is 16.2. The number of hydrogen-bond acceptors (Lipinski definition) is 5. The summed E-state index contributed by atoms with van der Waals surface area (Å²) in [7, 11) is 0. The fourth-order valence-corrected chi connectivity index (χ4v) is 2.69. The van der Waals surface area contributed by atoms with Crippen LogP contribution in [0.25, 0.3) is 10.6 Å². The molecule has 6 nitrogen and oxygen atoms in total. The molecule has 0 saturated carbocycles. The number of carbonyl (C=O) groups excluding carboxylic acids is 1. The molecule has 0 saturated heterocycles. The highest BCUT2D eigenvalue weighted by Gasteiger charge is 2.10. The minimum Gasteiger partial charge on any atom is -0.308 e. The molecule has 0 unspecified atom stereocenters. The number of amides is 2. The lowest BCUT2D eigenvalue weighted by Crippen LogP contribution is -2.19. The van der Waals surface area contributed by atoms with Crippen molar-refractivity contribution in [2.24, 2.45) is 0 Å². The smallest absolute Gasteiger partial charge is 0.308 e. The molecule has 7 heteroatoms. The fraction of sp³-hybridized carbons (Fsp3) is 0.125. The van der Waals surface area contributed by atoms with E-state index in [0.29, 0.717) is 10.1 Å². The van der Waals surface area contributed by atoms with E-state index in [1.54, 1.807) is 12.4 Å². The van der Waals surface area contributed by atoms with Crippen molar-refractivity contribution in [1.82, 2.24) is 15.2 Å². The van der Waals surface area contributed by atoms with Crippen molar-refractivity contribution in [3.63, 3.8) is 0 Å². The molecule has 3 rings (SSSR count). The topological polar surface area (TPSA) is 79.8 Å². The standard InChI is InChI=1S/C16H15N5OS/c1-10-5-6-13(8-11(10)2)18-15(22)19-16-21-20-14(23-16)12-4-3-7-17-9-12/h3-9H,1-2H3,(H2,18,19,21,22). The molecule has 2 heterocycles. The molecule has 0 fully saturated rings. The Morgan fingerprint density at radius 3 is 2.70 bits per heavy atom. The Kier molecular flexibility index (Phi) is 4.29. The Bertz CT molecular complexity index is 831. The van der Waals surface area contributed by atoms with Crippen LogP contribution in [0.1, 0.15) is 11.1 Å². The summed E-state index contributed by atoms with van der Waals surface area (Å²) in [4.78, 5) is 16.1. The number of benzene rings is 1. The number of urea groups is 1. The largest absolute Gasteiger partial charge is 0.325 e. The molecule has 0 atom stereocenters. The van der Waals surface area contributed by atoms with Gasteiger partial charge in [-0.15, -0.1) is 10.2 Å². The van der Waals surface area contributed by atoms with Gasteiger partial charge in [0.1, 0.15) is 0 Å². The maximum atomic E-state index is 12.0. The Morgan fingerprint density at radius 1 is 1.09 bits per heavy atom. The van der Waals surface area contributed by atoms with E-state index in [9.17, 15) is 4.79 Å². The molecule has 1 aromatic carbocycles. The summed E-state index contributed by atoms with van der Waals surface area (Å²) < 4.78 is 0. The molecule has 0 radical (unpaired) electrons. The van der Waals surface area contributed by atoms with Gasteiger partial charge < -0.3 is 5.32 Å². The summed E-state index contributed by atoms with van der Waals surface area (Å²) in [5.74, 6) is 0. The predicted octanol–water partition coefficient (Wildman–Crippen LogP) is 3.86. The number of aromatic nitrogens is 3. The molecule has 2 N–H and O–H groups in total. The van der Waals surface area contributed by atoms with Crippen molar-refractivity contribution in [3.05, 3.63) is 53.9 Å². The lowest BCUT2D eigenvalue weighted by atomic mass is 10.1. The summed E-state index contributed by atoms with van der Waals surface area (Å²) >= 11 is 1.30. The SMILES string of the molecule is Cc1ccc(NC(=O)Nc2nnc(-c3cccnc3)s2)cc1C. The summed E-state index contributed by atoms with van der Waals surface area (Å²) in [6.45, 7) is 4.03. The molecule has 0 aliphatic rings. The van der Waals surface area contributed by atoms with Crippen LogP contribution in [0, 0.1) is 13.8 Å². The summed E-state index contributed by atoms with van der Waals surface area (Å²) in [5, 5.41) is 14.6. The highest BCUT2D eigenvalue weighted by molar-refractivity contribution is 7.18. The van der Waals surface area contributed by atoms with E-state index < -0.39 is 0 Å². The first-order chi connectivity index (χ1) is 11.1. The highest BCUT2D eigenvalue weighted by atomic mass is 32.1. The zero-order valence-electron chi connectivity index (χ0n) is 12.7. The van der Waals surface area contributed by atoms with Crippen LogP contribution in [0.2, 0.25) is 0 Å². The van der Waals surface area contributed by atoms with Crippen LogP contribution in [0.3, 0.4) is 0 Å². The van der Waals surface area contributed by atoms with E-state index in [4.69, 9.17) is 0 Å². The quantitative estimate of drug-likeness (QED) is 0.766. The number of pyridine rings is 1. The summed E-state index contributed by atoms with van der Waals surface area (Å²) in [6.07, 6.45) is 3.40. The van der Waals surface area contributed by atoms with Crippen LogP contribution in [0.4, 0.5) is 15.6 Å². The van der Waals surface area contributed by atoms with Gasteiger partial charge in [-0.25, -0.2) is 4.79 Å². The Balaban J connectivity index is 1.66. The average Bonchev–Trinajstić information content (AvgIpc) is 3.00. The molecular weight excluding hydrogens is 310 g/mol. The highest BCUT2D eigenvalue weighted by Crippen LogP contribution is 2.25. The van der Waals surface area contributed by atoms with Gasteiger partial charge in [0.05, 0.1) is 0 Å². The van der Waals surface area contributed by atoms with Gasteiger partial charge in [0.2, 0.25) is 5.13 Å². The maximum Gasteiger partial charge on any atom is 0.325 e. The van der Waals surface area contributed by atoms with Crippen molar-refractivity contribution < 1.29 is 4.79 Å². The second kappa shape index (κ2) is 6.53. The Morgan fingerprint density at radius 2 is 1.96 bits per heavy atom. The van der Waals surface area contributed by atoms with Crippen molar-refractivity contribution in [2.75, 3.05) is 10.6 Å². The van der Waals surface area contributed by atoms with Crippen LogP contribution in [-0.2, 0) is 0 Å². The minimum atomic E-state index is -0.345. The van der Waals surface area contributed by atoms with Crippen LogP contribution < -0.4 is 10.6 Å². The summed E-state index contributed by atoms with van der Waals surface area (Å²) in [5.41, 5.74) is 3.91. The van der Waals surface area contributed by atoms with Crippen molar-refractivity contribution >= 4 is 28.2 Å². The van der Waals surface area contributed by atoms with Gasteiger partial charge in [0.25, 0.3) is 0 Å². The number of carbonyl (C=O) groups is 1. The fourth-order valence-electron chi connectivity index (χ4n) is 1.96. The zero-order valence-corrected chi connectivity index (χ0v) is 13.5. The molecule has 0 aliphatic carbocycles. The van der Waals surface area contributed by atoms with E-state index >= 15 is 0 Å². The van der Waals surface area contributed by atoms with Crippen LogP contribution in [0.15, 0.2) is 42.7 Å². The Labute approximate surface area is 137 Å². The normalized spacial score (nSPS) is 10.3. The van der Waals surface area contributed by atoms with Crippen LogP contribution in [-0.4, -0.2) is 21.2 Å². The molecule has 23 heavy (non-hydrogen) atoms. The van der Waals surface area contributed by atoms with Gasteiger partial charge in [0.15, 0.2) is 5.01 Å². The lowest BCUT2D eigenvalue weighted by Gasteiger charge is -2.07. The molecule has 0 spiro atoms. The van der Waals surface area contributed by atoms with Crippen LogP contribution >= 0.6 is 11.3 Å². The molecule has 3 aromatic rings. The minimum absolute atomic E-state index is 0.345. The van der Waals surface area contributed by atoms with Gasteiger partial charge in [-0.3, -0.25) is 10.3 Å². The third-order valence-corrected chi connectivity index (χ3v) is 4.21. The molecule has 2 amide bonds. The predicted molar refractivity (Wildman–Crippen MR) is 91.7 cm³/mol. The third kappa shape index (κ3) is 3.70. The molecule has 116 valence electrons. The Hall–Kier alpha value is -2.80. The number of anilines is 2. The molecule has 0 bridgehead atoms. The van der Waals surface area contributed by atoms with E-state index in [0.717, 1.165) is 16.8 Å².